The van der Waals surface area contributed by atoms with E-state index in [-0.39, 0.29) is 0 Å². The summed E-state index contributed by atoms with van der Waals surface area (Å²) in [6, 6.07) is 10.2. The first-order valence-electron chi connectivity index (χ1n) is 5.56. The van der Waals surface area contributed by atoms with Crippen LogP contribution >= 0.6 is 0 Å². The Morgan fingerprint density at radius 2 is 1.93 bits per heavy atom. The molecule has 0 spiro atoms. The van der Waals surface area contributed by atoms with Crippen LogP contribution in [0.5, 0.6) is 5.75 Å². The molecule has 0 aliphatic heterocycles. The van der Waals surface area contributed by atoms with E-state index in [0.29, 0.717) is 6.10 Å². The largest absolute Gasteiger partial charge is 0.490 e. The van der Waals surface area contributed by atoms with Crippen LogP contribution < -0.4 is 4.74 Å². The van der Waals surface area contributed by atoms with Gasteiger partial charge in [-0.15, -0.1) is 0 Å². The third kappa shape index (κ3) is 2.50. The van der Waals surface area contributed by atoms with Gasteiger partial charge in [-0.05, 0) is 37.3 Å². The van der Waals surface area contributed by atoms with Crippen molar-refractivity contribution in [3.05, 3.63) is 30.3 Å². The minimum absolute atomic E-state index is 0.446. The molecule has 2 rings (SSSR count). The van der Waals surface area contributed by atoms with E-state index in [0.717, 1.165) is 11.7 Å². The Hall–Kier alpha value is -0.980. The first-order valence-corrected chi connectivity index (χ1v) is 5.56. The number of ether oxygens (including phenoxy) is 1. The second-order valence-electron chi connectivity index (χ2n) is 4.32. The maximum atomic E-state index is 5.93. The minimum atomic E-state index is 0.446. The van der Waals surface area contributed by atoms with E-state index in [2.05, 4.69) is 6.92 Å². The molecule has 1 aliphatic carbocycles. The predicted octanol–water partition coefficient (Wildman–Crippen LogP) is 3.64. The molecule has 1 aromatic carbocycles. The summed E-state index contributed by atoms with van der Waals surface area (Å²) in [7, 11) is 0. The van der Waals surface area contributed by atoms with E-state index in [9.17, 15) is 0 Å². The van der Waals surface area contributed by atoms with Crippen LogP contribution in [-0.2, 0) is 0 Å². The van der Waals surface area contributed by atoms with Crippen LogP contribution in [0.4, 0.5) is 0 Å². The summed E-state index contributed by atoms with van der Waals surface area (Å²) in [5.74, 6) is 1.85. The first kappa shape index (κ1) is 9.57. The summed E-state index contributed by atoms with van der Waals surface area (Å²) in [6.45, 7) is 2.32. The van der Waals surface area contributed by atoms with E-state index >= 15 is 0 Å². The van der Waals surface area contributed by atoms with Crippen molar-refractivity contribution in [3.63, 3.8) is 0 Å². The molecule has 0 bridgehead atoms. The predicted molar refractivity (Wildman–Crippen MR) is 58.5 cm³/mol. The lowest BCUT2D eigenvalue weighted by molar-refractivity contribution is 0.129. The van der Waals surface area contributed by atoms with E-state index in [1.54, 1.807) is 0 Å². The standard InChI is InChI=1S/C13H18O/c1-11-6-5-9-13(10-11)14-12-7-3-2-4-8-12/h2-4,7-8,11,13H,5-6,9-10H2,1H3/t11-,13+/m1/s1. The van der Waals surface area contributed by atoms with Gasteiger partial charge in [-0.25, -0.2) is 0 Å². The molecule has 0 heterocycles. The summed E-state index contributed by atoms with van der Waals surface area (Å²) in [4.78, 5) is 0. The molecule has 1 nitrogen and oxygen atoms in total. The summed E-state index contributed by atoms with van der Waals surface area (Å²) < 4.78 is 5.93. The molecule has 0 N–H and O–H groups in total. The molecule has 0 saturated heterocycles. The monoisotopic (exact) mass is 190 g/mol. The Morgan fingerprint density at radius 3 is 2.64 bits per heavy atom. The fraction of sp³-hybridized carbons (Fsp3) is 0.538. The van der Waals surface area contributed by atoms with Crippen LogP contribution in [0.25, 0.3) is 0 Å². The quantitative estimate of drug-likeness (QED) is 0.691. The lowest BCUT2D eigenvalue weighted by Crippen LogP contribution is -2.23. The van der Waals surface area contributed by atoms with Gasteiger partial charge in [0.25, 0.3) is 0 Å². The fourth-order valence-electron chi connectivity index (χ4n) is 2.18. The van der Waals surface area contributed by atoms with Crippen molar-refractivity contribution in [1.82, 2.24) is 0 Å². The fourth-order valence-corrected chi connectivity index (χ4v) is 2.18. The number of hydrogen-bond donors (Lipinski definition) is 0. The topological polar surface area (TPSA) is 9.23 Å². The average molecular weight is 190 g/mol. The molecule has 1 fully saturated rings. The summed E-state index contributed by atoms with van der Waals surface area (Å²) in [5, 5.41) is 0. The number of rotatable bonds is 2. The van der Waals surface area contributed by atoms with Gasteiger partial charge in [-0.1, -0.05) is 31.5 Å². The molecule has 0 unspecified atom stereocenters. The molecule has 1 aliphatic rings. The highest BCUT2D eigenvalue weighted by Gasteiger charge is 2.19. The second-order valence-corrected chi connectivity index (χ2v) is 4.32. The SMILES string of the molecule is C[C@@H]1CCC[C@H](Oc2ccccc2)C1. The van der Waals surface area contributed by atoms with Crippen LogP contribution in [0, 0.1) is 5.92 Å². The van der Waals surface area contributed by atoms with Gasteiger partial charge >= 0.3 is 0 Å². The normalized spacial score (nSPS) is 27.2. The molecule has 2 atom stereocenters. The van der Waals surface area contributed by atoms with Gasteiger partial charge in [0.15, 0.2) is 0 Å². The Morgan fingerprint density at radius 1 is 1.14 bits per heavy atom. The highest BCUT2D eigenvalue weighted by Crippen LogP contribution is 2.27. The molecule has 76 valence electrons. The van der Waals surface area contributed by atoms with Crippen molar-refractivity contribution in [2.24, 2.45) is 5.92 Å². The van der Waals surface area contributed by atoms with Crippen LogP contribution in [0.15, 0.2) is 30.3 Å². The highest BCUT2D eigenvalue weighted by atomic mass is 16.5. The van der Waals surface area contributed by atoms with Gasteiger partial charge in [-0.2, -0.15) is 0 Å². The Labute approximate surface area is 86.1 Å². The minimum Gasteiger partial charge on any atom is -0.490 e. The highest BCUT2D eigenvalue weighted by molar-refractivity contribution is 5.21. The van der Waals surface area contributed by atoms with Crippen molar-refractivity contribution in [2.45, 2.75) is 38.7 Å². The van der Waals surface area contributed by atoms with E-state index in [4.69, 9.17) is 4.74 Å². The van der Waals surface area contributed by atoms with Crippen LogP contribution in [0.1, 0.15) is 32.6 Å². The molecular weight excluding hydrogens is 172 g/mol. The second kappa shape index (κ2) is 4.50. The molecule has 14 heavy (non-hydrogen) atoms. The van der Waals surface area contributed by atoms with Gasteiger partial charge in [-0.3, -0.25) is 0 Å². The molecule has 1 saturated carbocycles. The number of benzene rings is 1. The molecule has 1 heteroatoms. The number of para-hydroxylation sites is 1. The van der Waals surface area contributed by atoms with Gasteiger partial charge in [0, 0.05) is 0 Å². The van der Waals surface area contributed by atoms with Crippen molar-refractivity contribution < 1.29 is 4.74 Å². The summed E-state index contributed by atoms with van der Waals surface area (Å²) in [6.07, 6.45) is 5.57. The molecule has 0 radical (unpaired) electrons. The maximum Gasteiger partial charge on any atom is 0.119 e. The number of hydrogen-bond acceptors (Lipinski definition) is 1. The zero-order chi connectivity index (χ0) is 9.80. The summed E-state index contributed by atoms with van der Waals surface area (Å²) >= 11 is 0. The first-order chi connectivity index (χ1) is 6.84. The van der Waals surface area contributed by atoms with Crippen LogP contribution in [0.3, 0.4) is 0 Å². The average Bonchev–Trinajstić information content (AvgIpc) is 2.19. The molecule has 0 amide bonds. The molecule has 0 aromatic heterocycles. The Bertz CT molecular complexity index is 268. The zero-order valence-corrected chi connectivity index (χ0v) is 8.78. The van der Waals surface area contributed by atoms with E-state index < -0.39 is 0 Å². The summed E-state index contributed by atoms with van der Waals surface area (Å²) in [5.41, 5.74) is 0. The van der Waals surface area contributed by atoms with Crippen molar-refractivity contribution in [2.75, 3.05) is 0 Å². The van der Waals surface area contributed by atoms with Gasteiger partial charge in [0.05, 0.1) is 6.10 Å². The molecular formula is C13H18O. The van der Waals surface area contributed by atoms with E-state index in [1.807, 2.05) is 30.3 Å². The molecule has 1 aromatic rings. The van der Waals surface area contributed by atoms with Gasteiger partial charge in [0.2, 0.25) is 0 Å². The van der Waals surface area contributed by atoms with Gasteiger partial charge < -0.3 is 4.74 Å². The van der Waals surface area contributed by atoms with Crippen molar-refractivity contribution in [1.29, 1.82) is 0 Å². The van der Waals surface area contributed by atoms with Gasteiger partial charge in [0.1, 0.15) is 5.75 Å². The lowest BCUT2D eigenvalue weighted by atomic mass is 9.89. The van der Waals surface area contributed by atoms with Crippen molar-refractivity contribution >= 4 is 0 Å². The van der Waals surface area contributed by atoms with Crippen molar-refractivity contribution in [3.8, 4) is 5.75 Å². The van der Waals surface area contributed by atoms with E-state index in [1.165, 1.54) is 25.7 Å². The van der Waals surface area contributed by atoms with Crippen LogP contribution in [-0.4, -0.2) is 6.10 Å². The maximum absolute atomic E-state index is 5.93. The zero-order valence-electron chi connectivity index (χ0n) is 8.78. The third-order valence-corrected chi connectivity index (χ3v) is 2.93. The Balaban J connectivity index is 1.91. The smallest absolute Gasteiger partial charge is 0.119 e. The lowest BCUT2D eigenvalue weighted by Gasteiger charge is -2.27. The third-order valence-electron chi connectivity index (χ3n) is 2.93. The van der Waals surface area contributed by atoms with Crippen LogP contribution in [0.2, 0.25) is 0 Å². The Kier molecular flexibility index (Phi) is 3.07.